The van der Waals surface area contributed by atoms with Crippen LogP contribution in [-0.4, -0.2) is 48.0 Å². The fourth-order valence-electron chi connectivity index (χ4n) is 2.60. The molecule has 0 spiro atoms. The van der Waals surface area contributed by atoms with Gasteiger partial charge in [-0.1, -0.05) is 0 Å². The maximum atomic E-state index is 11.2. The number of hydrazine groups is 1. The molecule has 3 N–H and O–H groups in total. The van der Waals surface area contributed by atoms with Crippen molar-refractivity contribution in [2.24, 2.45) is 5.84 Å². The van der Waals surface area contributed by atoms with Crippen molar-refractivity contribution in [3.05, 3.63) is 22.2 Å². The molecule has 0 bridgehead atoms. The van der Waals surface area contributed by atoms with E-state index in [0.717, 1.165) is 25.9 Å². The highest BCUT2D eigenvalue weighted by Gasteiger charge is 2.31. The fraction of sp³-hybridized carbons (Fsp3) is 0.583. The summed E-state index contributed by atoms with van der Waals surface area (Å²) >= 11 is 0. The van der Waals surface area contributed by atoms with E-state index in [1.807, 2.05) is 19.0 Å². The highest BCUT2D eigenvalue weighted by atomic mass is 16.6. The summed E-state index contributed by atoms with van der Waals surface area (Å²) < 4.78 is 0. The highest BCUT2D eigenvalue weighted by molar-refractivity contribution is 5.62. The van der Waals surface area contributed by atoms with E-state index in [9.17, 15) is 10.1 Å². The number of nitro groups is 1. The molecule has 20 heavy (non-hydrogen) atoms. The van der Waals surface area contributed by atoms with E-state index in [-0.39, 0.29) is 11.7 Å². The second kappa shape index (κ2) is 6.02. The van der Waals surface area contributed by atoms with E-state index in [1.165, 1.54) is 12.1 Å². The first kappa shape index (κ1) is 14.5. The lowest BCUT2D eigenvalue weighted by Crippen LogP contribution is -2.38. The molecule has 8 nitrogen and oxygen atoms in total. The van der Waals surface area contributed by atoms with Crippen LogP contribution in [0.3, 0.4) is 0 Å². The van der Waals surface area contributed by atoms with Gasteiger partial charge in [-0.15, -0.1) is 0 Å². The molecule has 0 radical (unpaired) electrons. The quantitative estimate of drug-likeness (QED) is 0.467. The maximum Gasteiger partial charge on any atom is 0.311 e. The van der Waals surface area contributed by atoms with Crippen molar-refractivity contribution < 1.29 is 4.92 Å². The van der Waals surface area contributed by atoms with Crippen LogP contribution < -0.4 is 16.2 Å². The SMILES string of the molecule is CN(C)CC1CCCN1c1nc(NN)ccc1[N+](=O)[O-]. The third-order valence-corrected chi connectivity index (χ3v) is 3.42. The van der Waals surface area contributed by atoms with Crippen LogP contribution in [0.4, 0.5) is 17.3 Å². The van der Waals surface area contributed by atoms with Gasteiger partial charge in [-0.05, 0) is 33.0 Å². The predicted molar refractivity (Wildman–Crippen MR) is 77.6 cm³/mol. The number of hydrogen-bond acceptors (Lipinski definition) is 7. The van der Waals surface area contributed by atoms with Gasteiger partial charge < -0.3 is 15.2 Å². The van der Waals surface area contributed by atoms with Crippen LogP contribution in [0.25, 0.3) is 0 Å². The van der Waals surface area contributed by atoms with Gasteiger partial charge in [0.1, 0.15) is 5.82 Å². The van der Waals surface area contributed by atoms with Gasteiger partial charge in [0.15, 0.2) is 0 Å². The fourth-order valence-corrected chi connectivity index (χ4v) is 2.60. The van der Waals surface area contributed by atoms with Crippen LogP contribution in [0.2, 0.25) is 0 Å². The summed E-state index contributed by atoms with van der Waals surface area (Å²) in [7, 11) is 3.99. The lowest BCUT2D eigenvalue weighted by molar-refractivity contribution is -0.384. The Morgan fingerprint density at radius 1 is 1.60 bits per heavy atom. The Morgan fingerprint density at radius 2 is 2.35 bits per heavy atom. The molecular formula is C12H20N6O2. The number of hydrogen-bond donors (Lipinski definition) is 2. The molecule has 0 aromatic carbocycles. The summed E-state index contributed by atoms with van der Waals surface area (Å²) in [4.78, 5) is 19.2. The standard InChI is InChI=1S/C12H20N6O2/c1-16(2)8-9-4-3-7-17(9)12-10(18(19)20)5-6-11(14-12)15-13/h5-6,9H,3-4,7-8,13H2,1-2H3,(H,14,15). The Balaban J connectivity index is 2.36. The van der Waals surface area contributed by atoms with E-state index >= 15 is 0 Å². The van der Waals surface area contributed by atoms with Gasteiger partial charge in [0.25, 0.3) is 0 Å². The Morgan fingerprint density at radius 3 is 2.95 bits per heavy atom. The monoisotopic (exact) mass is 280 g/mol. The molecule has 0 saturated carbocycles. The molecule has 1 fully saturated rings. The zero-order chi connectivity index (χ0) is 14.7. The normalized spacial score (nSPS) is 18.6. The summed E-state index contributed by atoms with van der Waals surface area (Å²) in [6, 6.07) is 3.20. The third kappa shape index (κ3) is 2.97. The van der Waals surface area contributed by atoms with Crippen molar-refractivity contribution in [3.8, 4) is 0 Å². The average molecular weight is 280 g/mol. The molecule has 110 valence electrons. The minimum Gasteiger partial charge on any atom is -0.347 e. The second-order valence-electron chi connectivity index (χ2n) is 5.19. The molecule has 0 amide bonds. The van der Waals surface area contributed by atoms with Gasteiger partial charge in [-0.3, -0.25) is 10.1 Å². The molecular weight excluding hydrogens is 260 g/mol. The first-order valence-corrected chi connectivity index (χ1v) is 6.56. The van der Waals surface area contributed by atoms with E-state index < -0.39 is 4.92 Å². The molecule has 1 atom stereocenters. The number of nitrogen functional groups attached to an aromatic ring is 1. The lowest BCUT2D eigenvalue weighted by atomic mass is 10.2. The van der Waals surface area contributed by atoms with Crippen molar-refractivity contribution in [3.63, 3.8) is 0 Å². The van der Waals surface area contributed by atoms with E-state index in [1.54, 1.807) is 0 Å². The smallest absolute Gasteiger partial charge is 0.311 e. The Hall–Kier alpha value is -1.93. The van der Waals surface area contributed by atoms with Crippen LogP contribution >= 0.6 is 0 Å². The molecule has 1 aromatic rings. The van der Waals surface area contributed by atoms with Crippen molar-refractivity contribution in [1.29, 1.82) is 0 Å². The number of aromatic nitrogens is 1. The number of pyridine rings is 1. The molecule has 0 aliphatic carbocycles. The number of rotatable bonds is 5. The molecule has 8 heteroatoms. The number of nitrogens with zero attached hydrogens (tertiary/aromatic N) is 4. The first-order chi connectivity index (χ1) is 9.52. The molecule has 1 saturated heterocycles. The zero-order valence-electron chi connectivity index (χ0n) is 11.7. The highest BCUT2D eigenvalue weighted by Crippen LogP contribution is 2.32. The Bertz CT molecular complexity index is 493. The van der Waals surface area contributed by atoms with Crippen molar-refractivity contribution in [2.45, 2.75) is 18.9 Å². The summed E-state index contributed by atoms with van der Waals surface area (Å²) in [5, 5.41) is 11.2. The molecule has 1 aliphatic heterocycles. The number of anilines is 2. The molecule has 1 aliphatic rings. The minimum atomic E-state index is -0.395. The Kier molecular flexibility index (Phi) is 4.35. The van der Waals surface area contributed by atoms with Crippen molar-refractivity contribution >= 4 is 17.3 Å². The van der Waals surface area contributed by atoms with E-state index in [4.69, 9.17) is 5.84 Å². The van der Waals surface area contributed by atoms with Crippen molar-refractivity contribution in [1.82, 2.24) is 9.88 Å². The van der Waals surface area contributed by atoms with Crippen LogP contribution in [-0.2, 0) is 0 Å². The van der Waals surface area contributed by atoms with Gasteiger partial charge in [-0.2, -0.15) is 0 Å². The van der Waals surface area contributed by atoms with Gasteiger partial charge in [0.2, 0.25) is 5.82 Å². The zero-order valence-corrected chi connectivity index (χ0v) is 11.7. The topological polar surface area (TPSA) is 101 Å². The summed E-state index contributed by atoms with van der Waals surface area (Å²) in [5.74, 6) is 6.18. The van der Waals surface area contributed by atoms with Crippen LogP contribution in [0.1, 0.15) is 12.8 Å². The first-order valence-electron chi connectivity index (χ1n) is 6.56. The molecule has 1 unspecified atom stereocenters. The van der Waals surface area contributed by atoms with Crippen LogP contribution in [0, 0.1) is 10.1 Å². The molecule has 2 rings (SSSR count). The molecule has 2 heterocycles. The average Bonchev–Trinajstić information content (AvgIpc) is 2.85. The van der Waals surface area contributed by atoms with E-state index in [0.29, 0.717) is 11.6 Å². The number of nitrogens with one attached hydrogen (secondary N) is 1. The van der Waals surface area contributed by atoms with Crippen LogP contribution in [0.5, 0.6) is 0 Å². The Labute approximate surface area is 117 Å². The van der Waals surface area contributed by atoms with E-state index in [2.05, 4.69) is 15.3 Å². The third-order valence-electron chi connectivity index (χ3n) is 3.42. The van der Waals surface area contributed by atoms with Gasteiger partial charge in [0.05, 0.1) is 4.92 Å². The number of nitrogens with two attached hydrogens (primary N) is 1. The largest absolute Gasteiger partial charge is 0.347 e. The lowest BCUT2D eigenvalue weighted by Gasteiger charge is -2.27. The summed E-state index contributed by atoms with van der Waals surface area (Å²) in [6.07, 6.45) is 2.02. The summed E-state index contributed by atoms with van der Waals surface area (Å²) in [6.45, 7) is 1.62. The van der Waals surface area contributed by atoms with Gasteiger partial charge >= 0.3 is 5.69 Å². The van der Waals surface area contributed by atoms with Gasteiger partial charge in [-0.25, -0.2) is 10.8 Å². The minimum absolute atomic E-state index is 0.0228. The van der Waals surface area contributed by atoms with Crippen LogP contribution in [0.15, 0.2) is 12.1 Å². The summed E-state index contributed by atoms with van der Waals surface area (Å²) in [5.41, 5.74) is 2.46. The maximum absolute atomic E-state index is 11.2. The van der Waals surface area contributed by atoms with Gasteiger partial charge in [0, 0.05) is 25.2 Å². The molecule has 1 aromatic heterocycles. The predicted octanol–water partition coefficient (Wildman–Crippen LogP) is 0.806. The number of likely N-dealkylation sites (N-methyl/N-ethyl adjacent to an activating group) is 1. The van der Waals surface area contributed by atoms with Crippen molar-refractivity contribution in [2.75, 3.05) is 37.5 Å². The second-order valence-corrected chi connectivity index (χ2v) is 5.19.